The molecule has 0 spiro atoms. The first-order chi connectivity index (χ1) is 11.9. The first kappa shape index (κ1) is 14.9. The molecule has 6 heteroatoms. The molecule has 0 bridgehead atoms. The molecule has 0 saturated heterocycles. The van der Waals surface area contributed by atoms with Crippen LogP contribution in [0.3, 0.4) is 0 Å². The molecule has 6 heterocycles. The Labute approximate surface area is 145 Å². The van der Waals surface area contributed by atoms with Crippen LogP contribution >= 0.6 is 22.7 Å². The standard InChI is InChI=1S/C6H5NO.2C6H5NS/c2*1-3-7-5-2-4-8-6(1)5;1-3-7-6-5(1)2-4-8-6/h3*1-4,7H. The second-order valence-electron chi connectivity index (χ2n) is 5.04. The van der Waals surface area contributed by atoms with Crippen LogP contribution in [-0.4, -0.2) is 15.0 Å². The van der Waals surface area contributed by atoms with Gasteiger partial charge in [0, 0.05) is 30.0 Å². The van der Waals surface area contributed by atoms with E-state index in [1.165, 1.54) is 20.4 Å². The molecule has 0 fully saturated rings. The molecule has 0 amide bonds. The number of H-pyrrole nitrogens is 3. The van der Waals surface area contributed by atoms with Gasteiger partial charge in [-0.25, -0.2) is 0 Å². The molecule has 0 radical (unpaired) electrons. The van der Waals surface area contributed by atoms with E-state index in [-0.39, 0.29) is 0 Å². The fourth-order valence-corrected chi connectivity index (χ4v) is 3.84. The van der Waals surface area contributed by atoms with Gasteiger partial charge in [0.05, 0.1) is 26.8 Å². The van der Waals surface area contributed by atoms with Crippen LogP contribution in [0.5, 0.6) is 0 Å². The van der Waals surface area contributed by atoms with Gasteiger partial charge in [-0.15, -0.1) is 22.7 Å². The first-order valence-electron chi connectivity index (χ1n) is 7.42. The molecule has 6 rings (SSSR count). The van der Waals surface area contributed by atoms with E-state index in [0.717, 1.165) is 11.1 Å². The van der Waals surface area contributed by atoms with Crippen molar-refractivity contribution < 1.29 is 4.42 Å². The second-order valence-corrected chi connectivity index (χ2v) is 6.90. The number of fused-ring (bicyclic) bond motifs is 3. The minimum absolute atomic E-state index is 0.921. The lowest BCUT2D eigenvalue weighted by Gasteiger charge is -1.66. The molecule has 0 aliphatic rings. The number of hydrogen-bond acceptors (Lipinski definition) is 3. The van der Waals surface area contributed by atoms with Gasteiger partial charge < -0.3 is 19.4 Å². The van der Waals surface area contributed by atoms with Crippen LogP contribution in [0.4, 0.5) is 0 Å². The molecule has 0 aliphatic heterocycles. The number of nitrogens with one attached hydrogen (secondary N) is 3. The molecule has 0 aliphatic carbocycles. The third-order valence-corrected chi connectivity index (χ3v) is 5.25. The van der Waals surface area contributed by atoms with E-state index in [1.807, 2.05) is 30.7 Å². The predicted molar refractivity (Wildman–Crippen MR) is 103 cm³/mol. The number of furan rings is 1. The van der Waals surface area contributed by atoms with Crippen LogP contribution in [0.2, 0.25) is 0 Å². The van der Waals surface area contributed by atoms with Crippen LogP contribution in [-0.2, 0) is 0 Å². The third-order valence-electron chi connectivity index (χ3n) is 3.51. The summed E-state index contributed by atoms with van der Waals surface area (Å²) in [7, 11) is 0. The molecule has 6 aromatic rings. The molecular weight excluding hydrogens is 338 g/mol. The zero-order valence-electron chi connectivity index (χ0n) is 12.7. The average Bonchev–Trinajstić information content (AvgIpc) is 3.33. The van der Waals surface area contributed by atoms with Crippen LogP contribution in [0.25, 0.3) is 31.5 Å². The SMILES string of the molecule is c1cc2ccsc2[nH]1.c1cc2occc2[nH]1.c1cc2sccc2[nH]1. The Morgan fingerprint density at radius 1 is 0.708 bits per heavy atom. The van der Waals surface area contributed by atoms with Crippen molar-refractivity contribution in [3.05, 3.63) is 72.0 Å². The van der Waals surface area contributed by atoms with Crippen molar-refractivity contribution >= 4 is 54.2 Å². The zero-order chi connectivity index (χ0) is 16.2. The van der Waals surface area contributed by atoms with E-state index in [0.29, 0.717) is 0 Å². The van der Waals surface area contributed by atoms with Gasteiger partial charge in [-0.2, -0.15) is 0 Å². The molecule has 4 nitrogen and oxygen atoms in total. The lowest BCUT2D eigenvalue weighted by atomic mass is 10.4. The predicted octanol–water partition coefficient (Wildman–Crippen LogP) is 6.22. The second kappa shape index (κ2) is 6.82. The van der Waals surface area contributed by atoms with Crippen LogP contribution in [0, 0.1) is 0 Å². The molecule has 0 unspecified atom stereocenters. The average molecular weight is 353 g/mol. The van der Waals surface area contributed by atoms with Crippen molar-refractivity contribution in [1.82, 2.24) is 15.0 Å². The number of hydrogen-bond donors (Lipinski definition) is 3. The van der Waals surface area contributed by atoms with Gasteiger partial charge in [0.2, 0.25) is 0 Å². The molecule has 120 valence electrons. The van der Waals surface area contributed by atoms with Crippen LogP contribution in [0.1, 0.15) is 0 Å². The molecular formula is C18H15N3OS2. The van der Waals surface area contributed by atoms with Gasteiger partial charge in [0.15, 0.2) is 5.58 Å². The fourth-order valence-electron chi connectivity index (χ4n) is 2.33. The zero-order valence-corrected chi connectivity index (χ0v) is 14.3. The van der Waals surface area contributed by atoms with Crippen molar-refractivity contribution in [3.63, 3.8) is 0 Å². The van der Waals surface area contributed by atoms with Gasteiger partial charge in [-0.1, -0.05) is 0 Å². The molecule has 24 heavy (non-hydrogen) atoms. The van der Waals surface area contributed by atoms with E-state index < -0.39 is 0 Å². The summed E-state index contributed by atoms with van der Waals surface area (Å²) in [5, 5.41) is 5.48. The minimum atomic E-state index is 0.921. The molecule has 0 atom stereocenters. The van der Waals surface area contributed by atoms with E-state index in [9.17, 15) is 0 Å². The largest absolute Gasteiger partial charge is 0.463 e. The number of aromatic amines is 3. The smallest absolute Gasteiger partial charge is 0.151 e. The highest BCUT2D eigenvalue weighted by molar-refractivity contribution is 7.17. The highest BCUT2D eigenvalue weighted by Gasteiger charge is 1.92. The molecule has 0 saturated carbocycles. The number of thiophene rings is 2. The number of rotatable bonds is 0. The maximum atomic E-state index is 5.03. The van der Waals surface area contributed by atoms with Crippen molar-refractivity contribution in [2.24, 2.45) is 0 Å². The summed E-state index contributed by atoms with van der Waals surface area (Å²) in [4.78, 5) is 10.5. The van der Waals surface area contributed by atoms with Crippen molar-refractivity contribution in [2.75, 3.05) is 0 Å². The molecule has 6 aromatic heterocycles. The lowest BCUT2D eigenvalue weighted by molar-refractivity contribution is 0.616. The van der Waals surface area contributed by atoms with Gasteiger partial charge in [0.25, 0.3) is 0 Å². The van der Waals surface area contributed by atoms with E-state index in [4.69, 9.17) is 4.42 Å². The Kier molecular flexibility index (Phi) is 4.22. The first-order valence-corrected chi connectivity index (χ1v) is 9.18. The highest BCUT2D eigenvalue weighted by atomic mass is 32.1. The highest BCUT2D eigenvalue weighted by Crippen LogP contribution is 2.18. The van der Waals surface area contributed by atoms with E-state index in [2.05, 4.69) is 50.0 Å². The maximum Gasteiger partial charge on any atom is 0.151 e. The summed E-state index contributed by atoms with van der Waals surface area (Å²) in [6.45, 7) is 0. The Bertz CT molecular complexity index is 837. The third kappa shape index (κ3) is 3.15. The Balaban J connectivity index is 0.0000000911. The summed E-state index contributed by atoms with van der Waals surface area (Å²) in [5.74, 6) is 0. The van der Waals surface area contributed by atoms with Crippen LogP contribution in [0.15, 0.2) is 76.4 Å². The van der Waals surface area contributed by atoms with Gasteiger partial charge in [-0.05, 0) is 41.1 Å². The molecule has 3 N–H and O–H groups in total. The van der Waals surface area contributed by atoms with E-state index in [1.54, 1.807) is 28.9 Å². The van der Waals surface area contributed by atoms with E-state index >= 15 is 0 Å². The quantitative estimate of drug-likeness (QED) is 0.298. The van der Waals surface area contributed by atoms with Crippen LogP contribution < -0.4 is 0 Å². The van der Waals surface area contributed by atoms with Gasteiger partial charge >= 0.3 is 0 Å². The summed E-state index contributed by atoms with van der Waals surface area (Å²) >= 11 is 3.50. The fraction of sp³-hybridized carbons (Fsp3) is 0. The lowest BCUT2D eigenvalue weighted by Crippen LogP contribution is -1.49. The van der Waals surface area contributed by atoms with Gasteiger partial charge in [-0.3, -0.25) is 0 Å². The Morgan fingerprint density at radius 2 is 1.54 bits per heavy atom. The van der Waals surface area contributed by atoms with Crippen molar-refractivity contribution in [3.8, 4) is 0 Å². The maximum absolute atomic E-state index is 5.03. The van der Waals surface area contributed by atoms with Crippen molar-refractivity contribution in [2.45, 2.75) is 0 Å². The number of aromatic nitrogens is 3. The Morgan fingerprint density at radius 3 is 2.42 bits per heavy atom. The minimum Gasteiger partial charge on any atom is -0.463 e. The summed E-state index contributed by atoms with van der Waals surface area (Å²) in [5.41, 5.74) is 3.23. The summed E-state index contributed by atoms with van der Waals surface area (Å²) in [6, 6.07) is 12.1. The Hall–Kier alpha value is -2.70. The monoisotopic (exact) mass is 353 g/mol. The summed E-state index contributed by atoms with van der Waals surface area (Å²) in [6.07, 6.45) is 7.44. The molecule has 0 aromatic carbocycles. The summed E-state index contributed by atoms with van der Waals surface area (Å²) < 4.78 is 6.36. The van der Waals surface area contributed by atoms with Gasteiger partial charge in [0.1, 0.15) is 0 Å². The van der Waals surface area contributed by atoms with Crippen molar-refractivity contribution in [1.29, 1.82) is 0 Å². The normalized spacial score (nSPS) is 10.5. The topological polar surface area (TPSA) is 60.5 Å².